The van der Waals surface area contributed by atoms with Crippen LogP contribution in [0.5, 0.6) is 0 Å². The van der Waals surface area contributed by atoms with Gasteiger partial charge in [-0.05, 0) is 13.0 Å². The summed E-state index contributed by atoms with van der Waals surface area (Å²) < 4.78 is 0. The van der Waals surface area contributed by atoms with E-state index in [1.54, 1.807) is 17.5 Å². The van der Waals surface area contributed by atoms with E-state index >= 15 is 0 Å². The van der Waals surface area contributed by atoms with E-state index in [2.05, 4.69) is 25.2 Å². The highest BCUT2D eigenvalue weighted by Gasteiger charge is 2.21. The largest absolute Gasteiger partial charge is 0.353 e. The molecule has 23 heavy (non-hydrogen) atoms. The van der Waals surface area contributed by atoms with Crippen molar-refractivity contribution in [2.75, 3.05) is 37.6 Å². The topological polar surface area (TPSA) is 74.2 Å². The van der Waals surface area contributed by atoms with E-state index in [0.29, 0.717) is 19.6 Å². The molecule has 0 aromatic carbocycles. The zero-order valence-electron chi connectivity index (χ0n) is 13.1. The summed E-state index contributed by atoms with van der Waals surface area (Å²) in [5.41, 5.74) is 2.84. The number of piperazine rings is 1. The quantitative estimate of drug-likeness (QED) is 0.914. The molecule has 2 amide bonds. The predicted molar refractivity (Wildman–Crippen MR) is 89.8 cm³/mol. The Morgan fingerprint density at radius 2 is 2.13 bits per heavy atom. The molecule has 1 aliphatic rings. The van der Waals surface area contributed by atoms with Crippen LogP contribution in [0.3, 0.4) is 0 Å². The van der Waals surface area contributed by atoms with Gasteiger partial charge in [-0.3, -0.25) is 0 Å². The van der Waals surface area contributed by atoms with Crippen LogP contribution in [0, 0.1) is 6.92 Å². The van der Waals surface area contributed by atoms with Crippen LogP contribution in [0.15, 0.2) is 23.2 Å². The van der Waals surface area contributed by atoms with E-state index in [-0.39, 0.29) is 6.03 Å². The van der Waals surface area contributed by atoms with Gasteiger partial charge in [0.25, 0.3) is 0 Å². The number of nitrogens with zero attached hydrogens (tertiary/aromatic N) is 5. The van der Waals surface area contributed by atoms with Crippen molar-refractivity contribution in [2.45, 2.75) is 13.3 Å². The third-order valence-corrected chi connectivity index (χ3v) is 4.43. The Labute approximate surface area is 139 Å². The number of amides is 2. The lowest BCUT2D eigenvalue weighted by molar-refractivity contribution is 0.194. The maximum absolute atomic E-state index is 12.2. The van der Waals surface area contributed by atoms with Crippen molar-refractivity contribution in [3.8, 4) is 0 Å². The van der Waals surface area contributed by atoms with Gasteiger partial charge in [-0.15, -0.1) is 11.3 Å². The van der Waals surface area contributed by atoms with E-state index in [1.165, 1.54) is 0 Å². The van der Waals surface area contributed by atoms with Crippen molar-refractivity contribution in [1.82, 2.24) is 25.2 Å². The molecule has 8 heteroatoms. The lowest BCUT2D eigenvalue weighted by Crippen LogP contribution is -2.52. The van der Waals surface area contributed by atoms with Gasteiger partial charge in [0.15, 0.2) is 0 Å². The molecule has 3 heterocycles. The number of carbonyl (C=O) groups is 1. The van der Waals surface area contributed by atoms with Crippen LogP contribution < -0.4 is 10.2 Å². The fraction of sp³-hybridized carbons (Fsp3) is 0.467. The van der Waals surface area contributed by atoms with Crippen molar-refractivity contribution in [1.29, 1.82) is 0 Å². The number of aromatic nitrogens is 3. The lowest BCUT2D eigenvalue weighted by atomic mass is 10.3. The molecule has 122 valence electrons. The summed E-state index contributed by atoms with van der Waals surface area (Å²) in [7, 11) is 0. The summed E-state index contributed by atoms with van der Waals surface area (Å²) in [4.78, 5) is 29.0. The summed E-state index contributed by atoms with van der Waals surface area (Å²) in [6.45, 7) is 5.48. The molecule has 0 bridgehead atoms. The van der Waals surface area contributed by atoms with Gasteiger partial charge < -0.3 is 15.1 Å². The molecule has 3 rings (SSSR count). The molecule has 0 atom stereocenters. The van der Waals surface area contributed by atoms with Crippen LogP contribution in [-0.2, 0) is 6.42 Å². The first kappa shape index (κ1) is 15.7. The minimum atomic E-state index is -0.00116. The van der Waals surface area contributed by atoms with Crippen LogP contribution >= 0.6 is 11.3 Å². The molecule has 1 fully saturated rings. The number of carbonyl (C=O) groups excluding carboxylic acids is 1. The minimum absolute atomic E-state index is 0.00116. The Morgan fingerprint density at radius 1 is 1.30 bits per heavy atom. The monoisotopic (exact) mass is 332 g/mol. The maximum Gasteiger partial charge on any atom is 0.317 e. The van der Waals surface area contributed by atoms with Crippen molar-refractivity contribution >= 4 is 23.2 Å². The second-order valence-corrected chi connectivity index (χ2v) is 6.12. The Hall–Kier alpha value is -2.22. The van der Waals surface area contributed by atoms with Gasteiger partial charge in [0.05, 0.1) is 11.2 Å². The molecule has 2 aromatic heterocycles. The Bertz CT molecular complexity index is 639. The SMILES string of the molecule is Cc1nccc(N2CCN(C(=O)NCCc3cscn3)CC2)n1. The van der Waals surface area contributed by atoms with Gasteiger partial charge in [-0.2, -0.15) is 0 Å². The normalized spacial score (nSPS) is 14.8. The molecule has 2 aromatic rings. The molecule has 7 nitrogen and oxygen atoms in total. The van der Waals surface area contributed by atoms with Crippen molar-refractivity contribution < 1.29 is 4.79 Å². The predicted octanol–water partition coefficient (Wildman–Crippen LogP) is 1.32. The fourth-order valence-corrected chi connectivity index (χ4v) is 3.12. The lowest BCUT2D eigenvalue weighted by Gasteiger charge is -2.35. The standard InChI is InChI=1S/C15H20N6OS/c1-12-16-5-3-14(19-12)20-6-8-21(9-7-20)15(22)17-4-2-13-10-23-11-18-13/h3,5,10-11H,2,4,6-9H2,1H3,(H,17,22). The summed E-state index contributed by atoms with van der Waals surface area (Å²) in [6.07, 6.45) is 2.55. The van der Waals surface area contributed by atoms with Gasteiger partial charge in [-0.1, -0.05) is 0 Å². The smallest absolute Gasteiger partial charge is 0.317 e. The Kier molecular flexibility index (Phi) is 5.02. The van der Waals surface area contributed by atoms with Crippen molar-refractivity contribution in [3.05, 3.63) is 34.7 Å². The number of urea groups is 1. The van der Waals surface area contributed by atoms with Gasteiger partial charge in [0.2, 0.25) is 0 Å². The highest BCUT2D eigenvalue weighted by molar-refractivity contribution is 7.07. The van der Waals surface area contributed by atoms with Crippen LogP contribution in [0.1, 0.15) is 11.5 Å². The Balaban J connectivity index is 1.44. The van der Waals surface area contributed by atoms with Crippen LogP contribution in [0.4, 0.5) is 10.6 Å². The minimum Gasteiger partial charge on any atom is -0.353 e. The Morgan fingerprint density at radius 3 is 2.83 bits per heavy atom. The molecule has 1 N–H and O–H groups in total. The first-order valence-electron chi connectivity index (χ1n) is 7.67. The third-order valence-electron chi connectivity index (χ3n) is 3.79. The highest BCUT2D eigenvalue weighted by atomic mass is 32.1. The second kappa shape index (κ2) is 7.36. The molecule has 0 radical (unpaired) electrons. The summed E-state index contributed by atoms with van der Waals surface area (Å²) in [5, 5.41) is 4.97. The molecule has 0 saturated carbocycles. The molecule has 0 aliphatic carbocycles. The zero-order chi connectivity index (χ0) is 16.1. The van der Waals surface area contributed by atoms with E-state index in [9.17, 15) is 4.79 Å². The van der Waals surface area contributed by atoms with E-state index in [0.717, 1.165) is 36.8 Å². The van der Waals surface area contributed by atoms with E-state index in [1.807, 2.05) is 28.8 Å². The summed E-state index contributed by atoms with van der Waals surface area (Å²) in [5.74, 6) is 1.70. The molecule has 0 spiro atoms. The first-order chi connectivity index (χ1) is 11.2. The number of thiazole rings is 1. The third kappa shape index (κ3) is 4.16. The molecule has 0 unspecified atom stereocenters. The first-order valence-corrected chi connectivity index (χ1v) is 8.61. The van der Waals surface area contributed by atoms with Gasteiger partial charge in [0, 0.05) is 50.7 Å². The van der Waals surface area contributed by atoms with Crippen LogP contribution in [0.2, 0.25) is 0 Å². The number of aryl methyl sites for hydroxylation is 1. The van der Waals surface area contributed by atoms with E-state index < -0.39 is 0 Å². The molecular formula is C15H20N6OS. The maximum atomic E-state index is 12.2. The van der Waals surface area contributed by atoms with Gasteiger partial charge in [-0.25, -0.2) is 19.7 Å². The fourth-order valence-electron chi connectivity index (χ4n) is 2.53. The number of nitrogens with one attached hydrogen (secondary N) is 1. The van der Waals surface area contributed by atoms with Gasteiger partial charge in [0.1, 0.15) is 11.6 Å². The van der Waals surface area contributed by atoms with E-state index in [4.69, 9.17) is 0 Å². The van der Waals surface area contributed by atoms with Crippen molar-refractivity contribution in [3.63, 3.8) is 0 Å². The second-order valence-electron chi connectivity index (χ2n) is 5.40. The average molecular weight is 332 g/mol. The highest BCUT2D eigenvalue weighted by Crippen LogP contribution is 2.13. The number of hydrogen-bond acceptors (Lipinski definition) is 6. The summed E-state index contributed by atoms with van der Waals surface area (Å²) in [6, 6.07) is 1.91. The van der Waals surface area contributed by atoms with Crippen molar-refractivity contribution in [2.24, 2.45) is 0 Å². The molecule has 1 aliphatic heterocycles. The number of hydrogen-bond donors (Lipinski definition) is 1. The molecular weight excluding hydrogens is 312 g/mol. The van der Waals surface area contributed by atoms with Crippen LogP contribution in [-0.4, -0.2) is 58.6 Å². The average Bonchev–Trinajstić information content (AvgIpc) is 3.08. The zero-order valence-corrected chi connectivity index (χ0v) is 13.9. The number of anilines is 1. The number of rotatable bonds is 4. The summed E-state index contributed by atoms with van der Waals surface area (Å²) >= 11 is 1.58. The van der Waals surface area contributed by atoms with Gasteiger partial charge >= 0.3 is 6.03 Å². The van der Waals surface area contributed by atoms with Crippen LogP contribution in [0.25, 0.3) is 0 Å². The molecule has 1 saturated heterocycles.